The minimum atomic E-state index is -0.688. The number of fused-ring (bicyclic) bond motifs is 5. The van der Waals surface area contributed by atoms with Gasteiger partial charge in [0.05, 0.1) is 88.2 Å². The molecule has 17 N–H and O–H groups in total. The van der Waals surface area contributed by atoms with Gasteiger partial charge in [-0.1, -0.05) is 20.8 Å². The molecule has 0 spiro atoms. The molecule has 13 heterocycles. The summed E-state index contributed by atoms with van der Waals surface area (Å²) in [5.41, 5.74) is 20.6. The number of morpholine rings is 2. The monoisotopic (exact) mass is 2020 g/mol. The molecule has 8 aliphatic heterocycles. The molecule has 5 aromatic carbocycles. The van der Waals surface area contributed by atoms with Crippen LogP contribution in [0.25, 0.3) is 58.2 Å². The molecule has 0 saturated carbocycles. The number of nitrogens with zero attached hydrogens (tertiary/aromatic N) is 4. The zero-order chi connectivity index (χ0) is 105. The Morgan fingerprint density at radius 2 is 0.619 bits per heavy atom. The minimum Gasteiger partial charge on any atom is -0.390 e. The number of aliphatic hydroxyl groups is 1. The Bertz CT molecular complexity index is 6720. The summed E-state index contributed by atoms with van der Waals surface area (Å²) in [6.07, 6.45) is 10.1. The topological polar surface area (TPSA) is 434 Å². The Kier molecular flexibility index (Phi) is 36.0. The van der Waals surface area contributed by atoms with Crippen molar-refractivity contribution in [2.24, 2.45) is 0 Å². The molecule has 10 amide bonds. The van der Waals surface area contributed by atoms with Gasteiger partial charge in [-0.05, 0) is 264 Å². The molecule has 1 atom stereocenters. The lowest BCUT2D eigenvalue weighted by Crippen LogP contribution is -2.44. The molecule has 10 aromatic rings. The van der Waals surface area contributed by atoms with E-state index in [1.54, 1.807) is 68.5 Å². The summed E-state index contributed by atoms with van der Waals surface area (Å²) in [4.78, 5) is 150. The fourth-order valence-corrected chi connectivity index (χ4v) is 19.1. The van der Waals surface area contributed by atoms with Crippen LogP contribution < -0.4 is 58.5 Å². The van der Waals surface area contributed by atoms with Crippen LogP contribution in [0, 0.1) is 98.3 Å². The smallest absolute Gasteiger partial charge is 0.256 e. The lowest BCUT2D eigenvalue weighted by molar-refractivity contribution is -0.111. The number of aryl methyl sites for hydroxylation is 5. The van der Waals surface area contributed by atoms with Crippen LogP contribution in [0.1, 0.15) is 198 Å². The predicted molar refractivity (Wildman–Crippen MR) is 560 cm³/mol. The second kappa shape index (κ2) is 49.0. The molecular weight excluding hydrogens is 1890 g/mol. The number of β-amino-alcohol motifs (C(OH)–C–C–N with tert-alkyl or cyclic N) is 1. The number of hydrogen-bond donors (Lipinski definition) is 17. The Balaban J connectivity index is 0.000000145. The normalized spacial score (nSPS) is 16.6. The van der Waals surface area contributed by atoms with Gasteiger partial charge >= 0.3 is 0 Å². The number of carbonyl (C=O) groups excluding carboxylic acids is 10. The van der Waals surface area contributed by atoms with Crippen LogP contribution in [0.2, 0.25) is 0 Å². The number of hydrogen-bond acceptors (Lipinski definition) is 18. The van der Waals surface area contributed by atoms with E-state index in [-0.39, 0.29) is 65.6 Å². The molecule has 1 unspecified atom stereocenters. The highest BCUT2D eigenvalue weighted by molar-refractivity contribution is 6.38. The van der Waals surface area contributed by atoms with E-state index in [9.17, 15) is 75.0 Å². The van der Waals surface area contributed by atoms with Crippen LogP contribution in [0.3, 0.4) is 0 Å². The van der Waals surface area contributed by atoms with Crippen molar-refractivity contribution in [3.63, 3.8) is 0 Å². The standard InChI is InChI=1S/C23H27FN4O4.C22H25FN4O3.C22H25FN4O2.C22H27FN4O2.C20H23FN4O2/c1-13-20(10-18-17-9-15(24)3-4-19(17)27-22(18)30)26-14(2)21(13)23(31)25-11-16(29)12-28-5-7-32-8-6-28;1-13-19(12-17-16-11-15(23)3-4-18(16)26-21(17)28)25-14(2)20(13)22(29)24-5-6-27-7-9-30-10-8-27;1-13-19(12-17-16-11-15(23)5-6-18(16)26-21(17)28)25-14(2)20(13)22(29)24-7-10-27-8-3-4-9-27;1-5-27(6-2)10-9-24-22(29)20-13(3)19(25-14(20)4)12-17-16-11-15(23)7-8-18(16)26-21(17)28;1-4-22-7-8-23-20(27)18-11(2)17(24-12(18)3)10-15-14-9-13(21)5-6-16(14)25-19(15)26/h3-4,9-10,16,26,29H,5-8,11-12H2,1-2H3,(H,25,31)(H,27,30);3-4,11-12,25H,5-10H2,1-2H3,(H,24,29)(H,26,28);5-6,11-12,25H,3-4,7-10H2,1-2H3,(H,24,29)(H,26,28);7-8,11-12,25H,5-6,9-10H2,1-4H3,(H,24,29)(H,26,28);5-6,9-10,22,24H,4,7-8H2,1-3H3,(H,23,27)(H,25,26)/b18-10-;3*17-12-;15-10-. The van der Waals surface area contributed by atoms with Crippen LogP contribution in [0.15, 0.2) is 91.0 Å². The third-order valence-corrected chi connectivity index (χ3v) is 27.0. The highest BCUT2D eigenvalue weighted by Crippen LogP contribution is 2.41. The molecule has 776 valence electrons. The second-order valence-electron chi connectivity index (χ2n) is 37.0. The molecule has 38 heteroatoms. The molecule has 0 radical (unpaired) electrons. The number of carbonyl (C=O) groups is 10. The summed E-state index contributed by atoms with van der Waals surface area (Å²) >= 11 is 0. The first-order chi connectivity index (χ1) is 70.5. The van der Waals surface area contributed by atoms with Crippen LogP contribution in [0.5, 0.6) is 0 Å². The van der Waals surface area contributed by atoms with Crippen LogP contribution in [-0.4, -0.2) is 266 Å². The number of aromatic amines is 5. The average Bonchev–Trinajstić information content (AvgIpc) is 1.65. The van der Waals surface area contributed by atoms with Crippen molar-refractivity contribution in [1.82, 2.24) is 76.4 Å². The van der Waals surface area contributed by atoms with E-state index in [4.69, 9.17) is 9.47 Å². The van der Waals surface area contributed by atoms with Crippen LogP contribution in [-0.2, 0) is 33.4 Å². The fourth-order valence-electron chi connectivity index (χ4n) is 19.1. The SMILES string of the molecule is CCN(CC)CCNC(=O)c1c(C)[nH]c(/C=C2\C(=O)Nc3ccc(F)cc32)c1C.CCNCCNC(=O)c1c(C)[nH]c(/C=C2\C(=O)Nc3ccc(F)cc32)c1C.Cc1[nH]c(/C=C2\C(=O)Nc3ccc(F)cc32)c(C)c1C(=O)NCC(O)CN1CCOCC1.Cc1[nH]c(/C=C2\C(=O)Nc3ccc(F)cc32)c(C)c1C(=O)NCCN1CCCC1.Cc1[nH]c(/C=C2\C(=O)Nc3ccc(F)cc32)c(C)c1C(=O)NCCN1CCOCC1. The number of nitrogens with one attached hydrogen (secondary N) is 16. The van der Waals surface area contributed by atoms with Crippen molar-refractivity contribution in [1.29, 1.82) is 0 Å². The summed E-state index contributed by atoms with van der Waals surface area (Å²) in [5, 5.41) is 41.7. The molecule has 0 aliphatic carbocycles. The molecule has 0 bridgehead atoms. The van der Waals surface area contributed by atoms with Gasteiger partial charge in [0.1, 0.15) is 29.1 Å². The number of likely N-dealkylation sites (N-methyl/N-ethyl adjacent to an activating group) is 2. The summed E-state index contributed by atoms with van der Waals surface area (Å²) in [7, 11) is 0. The lowest BCUT2D eigenvalue weighted by Gasteiger charge is -2.28. The van der Waals surface area contributed by atoms with Gasteiger partial charge in [-0.25, -0.2) is 22.0 Å². The predicted octanol–water partition coefficient (Wildman–Crippen LogP) is 13.0. The van der Waals surface area contributed by atoms with Crippen molar-refractivity contribution in [3.05, 3.63) is 260 Å². The first-order valence-electron chi connectivity index (χ1n) is 49.4. The van der Waals surface area contributed by atoms with Gasteiger partial charge in [-0.3, -0.25) is 57.7 Å². The molecular formula is C109H127F5N20O13. The van der Waals surface area contributed by atoms with Gasteiger partial charge < -0.3 is 108 Å². The van der Waals surface area contributed by atoms with E-state index >= 15 is 0 Å². The average molecular weight is 2020 g/mol. The van der Waals surface area contributed by atoms with Gasteiger partial charge in [0, 0.05) is 205 Å². The Morgan fingerprint density at radius 3 is 0.898 bits per heavy atom. The highest BCUT2D eigenvalue weighted by Gasteiger charge is 2.34. The number of likely N-dealkylation sites (tertiary alicyclic amines) is 1. The maximum absolute atomic E-state index is 13.7. The number of halogens is 5. The quantitative estimate of drug-likeness (QED) is 0.0118. The van der Waals surface area contributed by atoms with Gasteiger partial charge in [0.2, 0.25) is 0 Å². The largest absolute Gasteiger partial charge is 0.390 e. The maximum Gasteiger partial charge on any atom is 0.256 e. The Morgan fingerprint density at radius 1 is 0.361 bits per heavy atom. The second-order valence-corrected chi connectivity index (χ2v) is 37.0. The van der Waals surface area contributed by atoms with Crippen LogP contribution in [0.4, 0.5) is 50.4 Å². The van der Waals surface area contributed by atoms with Crippen molar-refractivity contribution in [2.75, 3.05) is 177 Å². The maximum atomic E-state index is 13.7. The lowest BCUT2D eigenvalue weighted by atomic mass is 10.0. The van der Waals surface area contributed by atoms with Crippen LogP contribution >= 0.6 is 0 Å². The highest BCUT2D eigenvalue weighted by atomic mass is 19.1. The number of benzene rings is 5. The third-order valence-electron chi connectivity index (χ3n) is 27.0. The molecule has 3 saturated heterocycles. The number of aliphatic hydroxyl groups excluding tert-OH is 1. The van der Waals surface area contributed by atoms with Crippen molar-refractivity contribution < 1.29 is 84.5 Å². The number of anilines is 5. The number of H-pyrrole nitrogens is 5. The Hall–Kier alpha value is -14.8. The van der Waals surface area contributed by atoms with Gasteiger partial charge in [0.25, 0.3) is 59.1 Å². The van der Waals surface area contributed by atoms with Gasteiger partial charge in [-0.2, -0.15) is 0 Å². The molecule has 3 fully saturated rings. The van der Waals surface area contributed by atoms with E-state index < -0.39 is 35.2 Å². The Labute approximate surface area is 849 Å². The molecule has 18 rings (SSSR count). The van der Waals surface area contributed by atoms with E-state index in [1.165, 1.54) is 79.6 Å². The number of aromatic nitrogens is 5. The van der Waals surface area contributed by atoms with Crippen molar-refractivity contribution in [3.8, 4) is 0 Å². The van der Waals surface area contributed by atoms with E-state index in [1.807, 2.05) is 62.3 Å². The van der Waals surface area contributed by atoms with E-state index in [2.05, 4.69) is 117 Å². The molecule has 147 heavy (non-hydrogen) atoms. The van der Waals surface area contributed by atoms with E-state index in [0.29, 0.717) is 204 Å². The first-order valence-corrected chi connectivity index (χ1v) is 49.4. The zero-order valence-electron chi connectivity index (χ0n) is 84.8. The number of amides is 10. The fraction of sp³-hybridized carbons (Fsp3) is 0.358. The zero-order valence-corrected chi connectivity index (χ0v) is 84.8. The molecule has 5 aromatic heterocycles. The molecule has 33 nitrogen and oxygen atoms in total. The third kappa shape index (κ3) is 26.0. The van der Waals surface area contributed by atoms with E-state index in [0.717, 1.165) is 137 Å². The molecule has 8 aliphatic rings. The summed E-state index contributed by atoms with van der Waals surface area (Å²) in [6.45, 7) is 41.3. The summed E-state index contributed by atoms with van der Waals surface area (Å²) in [6, 6.07) is 20.9. The van der Waals surface area contributed by atoms with Gasteiger partial charge in [0.15, 0.2) is 0 Å². The number of rotatable bonds is 29. The number of ether oxygens (including phenoxy) is 2. The first kappa shape index (κ1) is 108. The minimum absolute atomic E-state index is 0.123. The van der Waals surface area contributed by atoms with Crippen molar-refractivity contribution >= 4 is 146 Å². The van der Waals surface area contributed by atoms with Crippen molar-refractivity contribution in [2.45, 2.75) is 109 Å². The summed E-state index contributed by atoms with van der Waals surface area (Å²) < 4.78 is 78.9. The van der Waals surface area contributed by atoms with Gasteiger partial charge in [-0.15, -0.1) is 0 Å². The summed E-state index contributed by atoms with van der Waals surface area (Å²) in [5.74, 6) is -4.41.